The second-order valence-electron chi connectivity index (χ2n) is 9.56. The molecule has 0 spiro atoms. The summed E-state index contributed by atoms with van der Waals surface area (Å²) in [5.41, 5.74) is 0. The Morgan fingerprint density at radius 2 is 0.829 bits per heavy atom. The zero-order valence-electron chi connectivity index (χ0n) is 24.8. The normalized spacial score (nSPS) is 19.4. The van der Waals surface area contributed by atoms with Crippen LogP contribution < -0.4 is 0 Å². The second kappa shape index (κ2) is 26.4. The predicted molar refractivity (Wildman–Crippen MR) is 149 cm³/mol. The van der Waals surface area contributed by atoms with Gasteiger partial charge in [-0.1, -0.05) is 12.2 Å². The van der Waals surface area contributed by atoms with Crippen LogP contribution in [0.3, 0.4) is 0 Å². The molecule has 2 rings (SSSR count). The maximum atomic E-state index is 12.1. The van der Waals surface area contributed by atoms with Gasteiger partial charge in [0.2, 0.25) is 0 Å². The first-order valence-electron chi connectivity index (χ1n) is 14.8. The summed E-state index contributed by atoms with van der Waals surface area (Å²) >= 11 is 0. The van der Waals surface area contributed by atoms with Gasteiger partial charge in [-0.15, -0.1) is 0 Å². The molecular formula is C29H52O12. The van der Waals surface area contributed by atoms with Crippen molar-refractivity contribution in [2.75, 3.05) is 139 Å². The van der Waals surface area contributed by atoms with E-state index in [4.69, 9.17) is 52.1 Å². The molecule has 3 unspecified atom stereocenters. The molecule has 2 aliphatic carbocycles. The van der Waals surface area contributed by atoms with Gasteiger partial charge >= 0.3 is 5.97 Å². The van der Waals surface area contributed by atoms with Crippen LogP contribution in [0.4, 0.5) is 0 Å². The van der Waals surface area contributed by atoms with Crippen molar-refractivity contribution in [2.45, 2.75) is 12.8 Å². The Kier molecular flexibility index (Phi) is 23.2. The van der Waals surface area contributed by atoms with Crippen molar-refractivity contribution in [3.8, 4) is 0 Å². The standard InChI is InChI=1S/C29H52O12/c1-31-4-5-32-6-7-33-8-9-34-10-11-35-12-13-36-14-15-37-16-17-38-18-19-39-20-21-40-22-23-41-29(30)28-25-26-2-3-27(28)24-26/h2-3,26-28H,4-25H2,1H3. The number of ether oxygens (including phenoxy) is 11. The van der Waals surface area contributed by atoms with E-state index in [0.717, 1.165) is 12.8 Å². The molecule has 0 aromatic heterocycles. The third kappa shape index (κ3) is 19.6. The third-order valence-corrected chi connectivity index (χ3v) is 6.46. The summed E-state index contributed by atoms with van der Waals surface area (Å²) in [6.45, 7) is 10.0. The van der Waals surface area contributed by atoms with Crippen molar-refractivity contribution in [3.63, 3.8) is 0 Å². The highest BCUT2D eigenvalue weighted by atomic mass is 16.6. The first-order valence-corrected chi connectivity index (χ1v) is 14.8. The van der Waals surface area contributed by atoms with Crippen molar-refractivity contribution in [3.05, 3.63) is 12.2 Å². The fourth-order valence-corrected chi connectivity index (χ4v) is 4.36. The molecule has 0 saturated heterocycles. The van der Waals surface area contributed by atoms with E-state index in [2.05, 4.69) is 12.2 Å². The summed E-state index contributed by atoms with van der Waals surface area (Å²) in [6.07, 6.45) is 6.40. The third-order valence-electron chi connectivity index (χ3n) is 6.46. The van der Waals surface area contributed by atoms with E-state index in [9.17, 15) is 4.79 Å². The molecule has 0 radical (unpaired) electrons. The Morgan fingerprint density at radius 3 is 1.12 bits per heavy atom. The summed E-state index contributed by atoms with van der Waals surface area (Å²) in [5, 5.41) is 0. The minimum atomic E-state index is -0.0896. The van der Waals surface area contributed by atoms with Crippen LogP contribution in [-0.2, 0) is 56.9 Å². The van der Waals surface area contributed by atoms with E-state index >= 15 is 0 Å². The Morgan fingerprint density at radius 1 is 0.488 bits per heavy atom. The number of carbonyl (C=O) groups excluding carboxylic acids is 1. The summed E-state index contributed by atoms with van der Waals surface area (Å²) in [4.78, 5) is 12.1. The fourth-order valence-electron chi connectivity index (χ4n) is 4.36. The number of hydrogen-bond donors (Lipinski definition) is 0. The minimum absolute atomic E-state index is 0.0368. The number of fused-ring (bicyclic) bond motifs is 2. The van der Waals surface area contributed by atoms with Crippen molar-refractivity contribution < 1.29 is 56.9 Å². The predicted octanol–water partition coefficient (Wildman–Crippen LogP) is 1.54. The van der Waals surface area contributed by atoms with Crippen LogP contribution >= 0.6 is 0 Å². The summed E-state index contributed by atoms with van der Waals surface area (Å²) in [6, 6.07) is 0. The molecule has 240 valence electrons. The quantitative estimate of drug-likeness (QED) is 0.0660. The molecular weight excluding hydrogens is 540 g/mol. The van der Waals surface area contributed by atoms with Gasteiger partial charge < -0.3 is 52.1 Å². The molecule has 3 atom stereocenters. The Balaban J connectivity index is 1.15. The van der Waals surface area contributed by atoms with Gasteiger partial charge in [-0.25, -0.2) is 0 Å². The van der Waals surface area contributed by atoms with Gasteiger partial charge in [0.1, 0.15) is 6.61 Å². The van der Waals surface area contributed by atoms with Crippen LogP contribution in [0.5, 0.6) is 0 Å². The van der Waals surface area contributed by atoms with Crippen LogP contribution in [0.1, 0.15) is 12.8 Å². The lowest BCUT2D eigenvalue weighted by molar-refractivity contribution is -0.151. The lowest BCUT2D eigenvalue weighted by Crippen LogP contribution is -2.23. The Bertz CT molecular complexity index is 635. The summed E-state index contributed by atoms with van der Waals surface area (Å²) in [7, 11) is 1.64. The molecule has 12 heteroatoms. The molecule has 2 bridgehead atoms. The van der Waals surface area contributed by atoms with Crippen LogP contribution in [0.2, 0.25) is 0 Å². The molecule has 2 aliphatic rings. The van der Waals surface area contributed by atoms with Gasteiger partial charge in [-0.3, -0.25) is 4.79 Å². The van der Waals surface area contributed by atoms with Gasteiger partial charge in [0, 0.05) is 7.11 Å². The summed E-state index contributed by atoms with van der Waals surface area (Å²) < 4.78 is 59.1. The smallest absolute Gasteiger partial charge is 0.309 e. The number of hydrogen-bond acceptors (Lipinski definition) is 12. The minimum Gasteiger partial charge on any atom is -0.463 e. The largest absolute Gasteiger partial charge is 0.463 e. The number of esters is 1. The highest BCUT2D eigenvalue weighted by Crippen LogP contribution is 2.43. The molecule has 0 aromatic carbocycles. The average molecular weight is 593 g/mol. The molecule has 1 fully saturated rings. The lowest BCUT2D eigenvalue weighted by Gasteiger charge is -2.16. The van der Waals surface area contributed by atoms with Gasteiger partial charge in [-0.05, 0) is 24.7 Å². The Labute approximate surface area is 245 Å². The van der Waals surface area contributed by atoms with Crippen LogP contribution in [0.15, 0.2) is 12.2 Å². The molecule has 0 heterocycles. The molecule has 0 amide bonds. The fraction of sp³-hybridized carbons (Fsp3) is 0.897. The topological polar surface area (TPSA) is 119 Å². The first-order chi connectivity index (χ1) is 20.3. The van der Waals surface area contributed by atoms with Gasteiger partial charge in [0.25, 0.3) is 0 Å². The highest BCUT2D eigenvalue weighted by Gasteiger charge is 2.40. The maximum absolute atomic E-state index is 12.1. The van der Waals surface area contributed by atoms with Crippen LogP contribution in [-0.4, -0.2) is 145 Å². The van der Waals surface area contributed by atoms with Gasteiger partial charge in [0.15, 0.2) is 0 Å². The van der Waals surface area contributed by atoms with Crippen molar-refractivity contribution in [2.24, 2.45) is 17.8 Å². The van der Waals surface area contributed by atoms with Crippen LogP contribution in [0, 0.1) is 17.8 Å². The molecule has 0 aromatic rings. The second-order valence-corrected chi connectivity index (χ2v) is 9.56. The van der Waals surface area contributed by atoms with E-state index in [1.165, 1.54) is 0 Å². The van der Waals surface area contributed by atoms with E-state index in [-0.39, 0.29) is 11.9 Å². The monoisotopic (exact) mass is 592 g/mol. The SMILES string of the molecule is COCCOCCOCCOCCOCCOCCOCCOCCOCCOCCOC(=O)C1CC2C=CC1C2. The summed E-state index contributed by atoms with van der Waals surface area (Å²) in [5.74, 6) is 0.887. The lowest BCUT2D eigenvalue weighted by atomic mass is 9.94. The molecule has 0 aliphatic heterocycles. The Hall–Kier alpha value is -1.19. The highest BCUT2D eigenvalue weighted by molar-refractivity contribution is 5.74. The number of rotatable bonds is 31. The molecule has 41 heavy (non-hydrogen) atoms. The van der Waals surface area contributed by atoms with E-state index in [1.54, 1.807) is 7.11 Å². The van der Waals surface area contributed by atoms with Crippen molar-refractivity contribution >= 4 is 5.97 Å². The van der Waals surface area contributed by atoms with Gasteiger partial charge in [-0.2, -0.15) is 0 Å². The van der Waals surface area contributed by atoms with Crippen molar-refractivity contribution in [1.29, 1.82) is 0 Å². The molecule has 1 saturated carbocycles. The van der Waals surface area contributed by atoms with Gasteiger partial charge in [0.05, 0.1) is 131 Å². The average Bonchev–Trinajstić information content (AvgIpc) is 3.62. The number of carbonyl (C=O) groups is 1. The van der Waals surface area contributed by atoms with Crippen molar-refractivity contribution in [1.82, 2.24) is 0 Å². The molecule has 12 nitrogen and oxygen atoms in total. The maximum Gasteiger partial charge on any atom is 0.309 e. The van der Waals surface area contributed by atoms with E-state index < -0.39 is 0 Å². The number of methoxy groups -OCH3 is 1. The van der Waals surface area contributed by atoms with E-state index in [1.807, 2.05) is 0 Å². The molecule has 0 N–H and O–H groups in total. The first kappa shape index (κ1) is 36.0. The van der Waals surface area contributed by atoms with Crippen LogP contribution in [0.25, 0.3) is 0 Å². The zero-order chi connectivity index (χ0) is 29.1. The van der Waals surface area contributed by atoms with E-state index in [0.29, 0.717) is 144 Å². The number of allylic oxidation sites excluding steroid dienone is 2. The zero-order valence-corrected chi connectivity index (χ0v) is 24.8.